The van der Waals surface area contributed by atoms with Gasteiger partial charge in [-0.05, 0) is 40.7 Å². The number of ketones is 1. The molecule has 0 radical (unpaired) electrons. The van der Waals surface area contributed by atoms with Crippen LogP contribution in [0.25, 0.3) is 11.1 Å². The zero-order valence-corrected chi connectivity index (χ0v) is 15.9. The molecule has 144 valence electrons. The Labute approximate surface area is 165 Å². The second kappa shape index (κ2) is 9.29. The number of hydrogen-bond donors (Lipinski definition) is 1. The number of aliphatic hydroxyl groups excluding tert-OH is 1. The Morgan fingerprint density at radius 1 is 1.18 bits per heavy atom. The average molecular weight is 376 g/mol. The lowest BCUT2D eigenvalue weighted by Gasteiger charge is -2.15. The highest BCUT2D eigenvalue weighted by Crippen LogP contribution is 2.37. The normalized spacial score (nSPS) is 18.0. The van der Waals surface area contributed by atoms with Gasteiger partial charge in [0.1, 0.15) is 12.2 Å². The fourth-order valence-electron chi connectivity index (χ4n) is 3.44. The van der Waals surface area contributed by atoms with Crippen molar-refractivity contribution in [2.24, 2.45) is 0 Å². The number of carbonyl (C=O) groups excluding carboxylic acids is 2. The number of allylic oxidation sites excluding steroid dienone is 9. The second-order valence-corrected chi connectivity index (χ2v) is 6.82. The minimum absolute atomic E-state index is 0.109. The molecule has 0 heterocycles. The molecule has 4 nitrogen and oxygen atoms in total. The summed E-state index contributed by atoms with van der Waals surface area (Å²) in [6.07, 6.45) is 14.5. The van der Waals surface area contributed by atoms with Gasteiger partial charge in [-0.25, -0.2) is 0 Å². The Morgan fingerprint density at radius 3 is 2.75 bits per heavy atom. The van der Waals surface area contributed by atoms with Crippen LogP contribution in [0, 0.1) is 0 Å². The van der Waals surface area contributed by atoms with Gasteiger partial charge >= 0.3 is 5.97 Å². The lowest BCUT2D eigenvalue weighted by atomic mass is 9.89. The van der Waals surface area contributed by atoms with Gasteiger partial charge in [0, 0.05) is 6.42 Å². The van der Waals surface area contributed by atoms with Crippen molar-refractivity contribution in [2.45, 2.75) is 31.8 Å². The first kappa shape index (κ1) is 19.8. The summed E-state index contributed by atoms with van der Waals surface area (Å²) in [6.45, 7) is 0. The Kier molecular flexibility index (Phi) is 6.56. The van der Waals surface area contributed by atoms with Crippen LogP contribution in [0.1, 0.15) is 36.8 Å². The number of Topliss-reactive ketones (excluding diaryl/α,β-unsaturated/α-hetero) is 1. The molecule has 0 fully saturated rings. The minimum atomic E-state index is -0.937. The van der Waals surface area contributed by atoms with E-state index >= 15 is 0 Å². The van der Waals surface area contributed by atoms with Crippen molar-refractivity contribution < 1.29 is 19.4 Å². The zero-order chi connectivity index (χ0) is 19.9. The maximum absolute atomic E-state index is 11.7. The lowest BCUT2D eigenvalue weighted by molar-refractivity contribution is -0.143. The van der Waals surface area contributed by atoms with Crippen LogP contribution >= 0.6 is 0 Å². The van der Waals surface area contributed by atoms with Crippen molar-refractivity contribution in [3.05, 3.63) is 83.5 Å². The summed E-state index contributed by atoms with van der Waals surface area (Å²) in [7, 11) is 1.23. The molecule has 1 unspecified atom stereocenters. The topological polar surface area (TPSA) is 63.6 Å². The van der Waals surface area contributed by atoms with E-state index in [1.807, 2.05) is 12.1 Å². The Bertz CT molecular complexity index is 912. The molecule has 0 aliphatic heterocycles. The van der Waals surface area contributed by atoms with Gasteiger partial charge in [0.15, 0.2) is 0 Å². The molecule has 0 saturated heterocycles. The zero-order valence-electron chi connectivity index (χ0n) is 15.9. The summed E-state index contributed by atoms with van der Waals surface area (Å²) < 4.78 is 4.46. The molecule has 0 amide bonds. The SMILES string of the molecule is COC(=O)CC(=O)CC(O)/C=C/C=C1C=CC2=C(CCC=C2)c2ccccc21. The summed E-state index contributed by atoms with van der Waals surface area (Å²) in [5.41, 5.74) is 6.03. The summed E-state index contributed by atoms with van der Waals surface area (Å²) in [4.78, 5) is 22.8. The quantitative estimate of drug-likeness (QED) is 0.597. The number of rotatable bonds is 6. The highest BCUT2D eigenvalue weighted by Gasteiger charge is 2.17. The molecule has 1 aromatic rings. The molecule has 0 aromatic heterocycles. The van der Waals surface area contributed by atoms with Crippen molar-refractivity contribution in [1.29, 1.82) is 0 Å². The first-order valence-electron chi connectivity index (χ1n) is 9.41. The number of methoxy groups -OCH3 is 1. The molecule has 3 rings (SSSR count). The monoisotopic (exact) mass is 376 g/mol. The Balaban J connectivity index is 1.76. The fraction of sp³-hybridized carbons (Fsp3) is 0.250. The number of aliphatic hydroxyl groups is 1. The molecular weight excluding hydrogens is 352 g/mol. The lowest BCUT2D eigenvalue weighted by Crippen LogP contribution is -2.15. The largest absolute Gasteiger partial charge is 0.469 e. The molecule has 4 heteroatoms. The van der Waals surface area contributed by atoms with E-state index in [0.29, 0.717) is 0 Å². The van der Waals surface area contributed by atoms with Gasteiger partial charge in [0.25, 0.3) is 0 Å². The highest BCUT2D eigenvalue weighted by atomic mass is 16.5. The third kappa shape index (κ3) is 4.84. The van der Waals surface area contributed by atoms with Crippen LogP contribution in [0.4, 0.5) is 0 Å². The van der Waals surface area contributed by atoms with Gasteiger partial charge in [-0.3, -0.25) is 9.59 Å². The third-order valence-electron chi connectivity index (χ3n) is 4.83. The predicted molar refractivity (Wildman–Crippen MR) is 110 cm³/mol. The molecule has 0 bridgehead atoms. The summed E-state index contributed by atoms with van der Waals surface area (Å²) >= 11 is 0. The van der Waals surface area contributed by atoms with Crippen LogP contribution in [0.5, 0.6) is 0 Å². The van der Waals surface area contributed by atoms with E-state index in [1.165, 1.54) is 23.8 Å². The molecule has 0 spiro atoms. The van der Waals surface area contributed by atoms with Crippen molar-refractivity contribution in [2.75, 3.05) is 7.11 Å². The first-order valence-corrected chi connectivity index (χ1v) is 9.41. The number of ether oxygens (including phenoxy) is 1. The number of esters is 1. The van der Waals surface area contributed by atoms with E-state index in [9.17, 15) is 14.7 Å². The van der Waals surface area contributed by atoms with Gasteiger partial charge in [0.05, 0.1) is 13.2 Å². The van der Waals surface area contributed by atoms with Gasteiger partial charge in [-0.2, -0.15) is 0 Å². The molecular formula is C24H24O4. The highest BCUT2D eigenvalue weighted by molar-refractivity contribution is 5.95. The third-order valence-corrected chi connectivity index (χ3v) is 4.83. The molecule has 1 atom stereocenters. The number of benzene rings is 1. The van der Waals surface area contributed by atoms with E-state index in [0.717, 1.165) is 24.0 Å². The van der Waals surface area contributed by atoms with Crippen LogP contribution in [0.3, 0.4) is 0 Å². The minimum Gasteiger partial charge on any atom is -0.469 e. The van der Waals surface area contributed by atoms with Gasteiger partial charge in [0.2, 0.25) is 0 Å². The van der Waals surface area contributed by atoms with E-state index in [1.54, 1.807) is 12.2 Å². The number of fused-ring (bicyclic) bond motifs is 2. The Morgan fingerprint density at radius 2 is 1.96 bits per heavy atom. The van der Waals surface area contributed by atoms with E-state index in [-0.39, 0.29) is 18.6 Å². The molecule has 2 aliphatic carbocycles. The molecule has 1 N–H and O–H groups in total. The maximum Gasteiger partial charge on any atom is 0.313 e. The average Bonchev–Trinajstić information content (AvgIpc) is 2.85. The summed E-state index contributed by atoms with van der Waals surface area (Å²) in [5.74, 6) is -0.936. The van der Waals surface area contributed by atoms with Gasteiger partial charge < -0.3 is 9.84 Å². The second-order valence-electron chi connectivity index (χ2n) is 6.82. The predicted octanol–water partition coefficient (Wildman–Crippen LogP) is 4.18. The number of carbonyl (C=O) groups is 2. The van der Waals surface area contributed by atoms with Crippen LogP contribution in [0.2, 0.25) is 0 Å². The van der Waals surface area contributed by atoms with Crippen molar-refractivity contribution >= 4 is 22.9 Å². The molecule has 1 aromatic carbocycles. The molecule has 0 saturated carbocycles. The first-order chi connectivity index (χ1) is 13.6. The van der Waals surface area contributed by atoms with Crippen LogP contribution in [0.15, 0.2) is 72.4 Å². The van der Waals surface area contributed by atoms with Crippen LogP contribution in [-0.2, 0) is 14.3 Å². The standard InChI is InChI=1S/C24H24O4/c1-28-24(27)16-20(26)15-19(25)9-6-8-18-14-13-17-7-2-3-10-21(17)23-12-5-4-11-22(18)23/h2,4-9,11-14,19,25H,3,10,15-16H2,1H3/b9-6+,18-8?. The van der Waals surface area contributed by atoms with Crippen molar-refractivity contribution in [3.63, 3.8) is 0 Å². The Hall–Kier alpha value is -2.98. The smallest absolute Gasteiger partial charge is 0.313 e. The van der Waals surface area contributed by atoms with E-state index in [4.69, 9.17) is 0 Å². The maximum atomic E-state index is 11.7. The van der Waals surface area contributed by atoms with Crippen molar-refractivity contribution in [1.82, 2.24) is 0 Å². The molecule has 2 aliphatic rings. The number of hydrogen-bond acceptors (Lipinski definition) is 4. The van der Waals surface area contributed by atoms with Crippen LogP contribution < -0.4 is 0 Å². The van der Waals surface area contributed by atoms with Crippen molar-refractivity contribution in [3.8, 4) is 0 Å². The summed E-state index contributed by atoms with van der Waals surface area (Å²) in [6, 6.07) is 8.32. The van der Waals surface area contributed by atoms with E-state index in [2.05, 4.69) is 47.2 Å². The molecule has 28 heavy (non-hydrogen) atoms. The van der Waals surface area contributed by atoms with E-state index < -0.39 is 12.1 Å². The fourth-order valence-corrected chi connectivity index (χ4v) is 3.44. The summed E-state index contributed by atoms with van der Waals surface area (Å²) in [5, 5.41) is 10.0. The van der Waals surface area contributed by atoms with Gasteiger partial charge in [-0.1, -0.05) is 66.8 Å². The van der Waals surface area contributed by atoms with Gasteiger partial charge in [-0.15, -0.1) is 0 Å². The van der Waals surface area contributed by atoms with Crippen LogP contribution in [-0.4, -0.2) is 30.1 Å².